The Morgan fingerprint density at radius 3 is 2.00 bits per heavy atom. The van der Waals surface area contributed by atoms with Crippen LogP contribution in [0.2, 0.25) is 0 Å². The lowest BCUT2D eigenvalue weighted by molar-refractivity contribution is -0.241. The number of ether oxygens (including phenoxy) is 2. The zero-order valence-electron chi connectivity index (χ0n) is 11.3. The van der Waals surface area contributed by atoms with Crippen LogP contribution in [-0.4, -0.2) is 18.0 Å². The van der Waals surface area contributed by atoms with Gasteiger partial charge in [-0.15, -0.1) is 0 Å². The van der Waals surface area contributed by atoms with Crippen molar-refractivity contribution in [2.45, 2.75) is 71.9 Å². The Balaban J connectivity index is 2.14. The van der Waals surface area contributed by atoms with Crippen LogP contribution in [0, 0.1) is 17.8 Å². The lowest BCUT2D eigenvalue weighted by atomic mass is 9.88. The summed E-state index contributed by atoms with van der Waals surface area (Å²) in [5.41, 5.74) is 0. The van der Waals surface area contributed by atoms with Gasteiger partial charge in [-0.05, 0) is 25.2 Å². The highest BCUT2D eigenvalue weighted by Crippen LogP contribution is 2.47. The molecule has 1 aliphatic heterocycles. The van der Waals surface area contributed by atoms with Crippen LogP contribution in [-0.2, 0) is 9.47 Å². The van der Waals surface area contributed by atoms with E-state index in [4.69, 9.17) is 9.47 Å². The maximum atomic E-state index is 6.34. The number of fused-ring (bicyclic) bond motifs is 1. The molecule has 0 radical (unpaired) electrons. The molecule has 0 amide bonds. The van der Waals surface area contributed by atoms with Crippen molar-refractivity contribution in [3.05, 3.63) is 0 Å². The predicted octanol–water partition coefficient (Wildman–Crippen LogP) is 3.60. The van der Waals surface area contributed by atoms with Crippen molar-refractivity contribution in [3.63, 3.8) is 0 Å². The van der Waals surface area contributed by atoms with E-state index in [1.54, 1.807) is 0 Å². The molecule has 3 unspecified atom stereocenters. The standard InChI is InChI=1S/C14H26O2/c1-6-11(5)14(9(2)3)15-12-7-10(4)8-13(12)16-14/h9-13H,6-8H2,1-5H3/t10?,11?,12-,13+,14?. The molecule has 0 spiro atoms. The summed E-state index contributed by atoms with van der Waals surface area (Å²) in [5, 5.41) is 0. The van der Waals surface area contributed by atoms with Crippen LogP contribution in [0.25, 0.3) is 0 Å². The summed E-state index contributed by atoms with van der Waals surface area (Å²) in [6.07, 6.45) is 4.18. The molecule has 16 heavy (non-hydrogen) atoms. The fourth-order valence-corrected chi connectivity index (χ4v) is 3.30. The van der Waals surface area contributed by atoms with E-state index in [-0.39, 0.29) is 5.79 Å². The van der Waals surface area contributed by atoms with Crippen LogP contribution in [0.5, 0.6) is 0 Å². The second-order valence-electron chi connectivity index (χ2n) is 6.07. The van der Waals surface area contributed by atoms with Gasteiger partial charge in [0.15, 0.2) is 5.79 Å². The summed E-state index contributed by atoms with van der Waals surface area (Å²) >= 11 is 0. The highest BCUT2D eigenvalue weighted by molar-refractivity contribution is 4.95. The molecule has 0 bridgehead atoms. The van der Waals surface area contributed by atoms with Crippen LogP contribution in [0.1, 0.15) is 53.9 Å². The molecule has 0 aromatic heterocycles. The first-order valence-corrected chi connectivity index (χ1v) is 6.85. The molecule has 0 aromatic carbocycles. The molecule has 2 rings (SSSR count). The lowest BCUT2D eigenvalue weighted by Crippen LogP contribution is -2.44. The first-order valence-electron chi connectivity index (χ1n) is 6.85. The summed E-state index contributed by atoms with van der Waals surface area (Å²) in [5.74, 6) is 1.36. The minimum absolute atomic E-state index is 0.315. The van der Waals surface area contributed by atoms with E-state index in [1.165, 1.54) is 12.8 Å². The zero-order valence-corrected chi connectivity index (χ0v) is 11.3. The van der Waals surface area contributed by atoms with Gasteiger partial charge in [0.05, 0.1) is 12.2 Å². The van der Waals surface area contributed by atoms with Gasteiger partial charge in [-0.3, -0.25) is 0 Å². The SMILES string of the molecule is CCC(C)C1(C(C)C)O[C@H]2CC(C)C[C@H]2O1. The molecule has 1 saturated heterocycles. The Kier molecular flexibility index (Phi) is 3.33. The highest BCUT2D eigenvalue weighted by atomic mass is 16.8. The molecule has 1 aliphatic carbocycles. The third-order valence-electron chi connectivity index (χ3n) is 4.46. The van der Waals surface area contributed by atoms with Gasteiger partial charge in [-0.25, -0.2) is 0 Å². The largest absolute Gasteiger partial charge is 0.343 e. The van der Waals surface area contributed by atoms with Crippen molar-refractivity contribution in [2.24, 2.45) is 17.8 Å². The quantitative estimate of drug-likeness (QED) is 0.732. The maximum Gasteiger partial charge on any atom is 0.174 e. The summed E-state index contributed by atoms with van der Waals surface area (Å²) in [6.45, 7) is 11.2. The Labute approximate surface area is 99.7 Å². The number of hydrogen-bond acceptors (Lipinski definition) is 2. The van der Waals surface area contributed by atoms with Crippen LogP contribution in [0.3, 0.4) is 0 Å². The minimum Gasteiger partial charge on any atom is -0.343 e. The van der Waals surface area contributed by atoms with Gasteiger partial charge >= 0.3 is 0 Å². The van der Waals surface area contributed by atoms with Gasteiger partial charge in [0.2, 0.25) is 0 Å². The van der Waals surface area contributed by atoms with Crippen molar-refractivity contribution in [2.75, 3.05) is 0 Å². The van der Waals surface area contributed by atoms with E-state index in [1.807, 2.05) is 0 Å². The van der Waals surface area contributed by atoms with E-state index in [0.717, 1.165) is 12.3 Å². The molecule has 94 valence electrons. The molecular weight excluding hydrogens is 200 g/mol. The molecule has 2 fully saturated rings. The van der Waals surface area contributed by atoms with Gasteiger partial charge in [0.1, 0.15) is 0 Å². The minimum atomic E-state index is -0.315. The molecule has 1 saturated carbocycles. The van der Waals surface area contributed by atoms with Crippen molar-refractivity contribution in [3.8, 4) is 0 Å². The molecule has 2 nitrogen and oxygen atoms in total. The number of hydrogen-bond donors (Lipinski definition) is 0. The first-order chi connectivity index (χ1) is 7.49. The summed E-state index contributed by atoms with van der Waals surface area (Å²) < 4.78 is 12.7. The van der Waals surface area contributed by atoms with Crippen LogP contribution < -0.4 is 0 Å². The van der Waals surface area contributed by atoms with Crippen LogP contribution in [0.4, 0.5) is 0 Å². The van der Waals surface area contributed by atoms with E-state index in [9.17, 15) is 0 Å². The second kappa shape index (κ2) is 4.30. The fourth-order valence-electron chi connectivity index (χ4n) is 3.30. The van der Waals surface area contributed by atoms with Gasteiger partial charge < -0.3 is 9.47 Å². The third kappa shape index (κ3) is 1.80. The topological polar surface area (TPSA) is 18.5 Å². The second-order valence-corrected chi connectivity index (χ2v) is 6.07. The molecule has 5 atom stereocenters. The normalized spacial score (nSPS) is 45.0. The summed E-state index contributed by atoms with van der Waals surface area (Å²) in [4.78, 5) is 0. The average molecular weight is 226 g/mol. The van der Waals surface area contributed by atoms with Crippen LogP contribution >= 0.6 is 0 Å². The van der Waals surface area contributed by atoms with Crippen LogP contribution in [0.15, 0.2) is 0 Å². The van der Waals surface area contributed by atoms with E-state index in [2.05, 4.69) is 34.6 Å². The van der Waals surface area contributed by atoms with Gasteiger partial charge in [0.25, 0.3) is 0 Å². The lowest BCUT2D eigenvalue weighted by Gasteiger charge is -2.38. The molecule has 1 heterocycles. The van der Waals surface area contributed by atoms with Gasteiger partial charge in [-0.2, -0.15) is 0 Å². The fraction of sp³-hybridized carbons (Fsp3) is 1.00. The Morgan fingerprint density at radius 2 is 1.62 bits per heavy atom. The van der Waals surface area contributed by atoms with Gasteiger partial charge in [0, 0.05) is 11.8 Å². The van der Waals surface area contributed by atoms with Crippen molar-refractivity contribution in [1.82, 2.24) is 0 Å². The van der Waals surface area contributed by atoms with Crippen molar-refractivity contribution >= 4 is 0 Å². The average Bonchev–Trinajstić information content (AvgIpc) is 2.71. The number of rotatable bonds is 3. The molecule has 2 heteroatoms. The van der Waals surface area contributed by atoms with E-state index < -0.39 is 0 Å². The van der Waals surface area contributed by atoms with Crippen molar-refractivity contribution < 1.29 is 9.47 Å². The Bertz CT molecular complexity index is 235. The molecular formula is C14H26O2. The third-order valence-corrected chi connectivity index (χ3v) is 4.46. The molecule has 0 aromatic rings. The van der Waals surface area contributed by atoms with E-state index >= 15 is 0 Å². The molecule has 0 N–H and O–H groups in total. The monoisotopic (exact) mass is 226 g/mol. The van der Waals surface area contributed by atoms with Gasteiger partial charge in [-0.1, -0.05) is 34.6 Å². The summed E-state index contributed by atoms with van der Waals surface area (Å²) in [6, 6.07) is 0. The first kappa shape index (κ1) is 12.4. The smallest absolute Gasteiger partial charge is 0.174 e. The summed E-state index contributed by atoms with van der Waals surface area (Å²) in [7, 11) is 0. The Hall–Kier alpha value is -0.0800. The predicted molar refractivity (Wildman–Crippen MR) is 65.2 cm³/mol. The highest BCUT2D eigenvalue weighted by Gasteiger charge is 2.54. The maximum absolute atomic E-state index is 6.34. The molecule has 2 aliphatic rings. The Morgan fingerprint density at radius 1 is 1.12 bits per heavy atom. The zero-order chi connectivity index (χ0) is 11.9. The van der Waals surface area contributed by atoms with E-state index in [0.29, 0.717) is 24.0 Å². The van der Waals surface area contributed by atoms with Crippen molar-refractivity contribution in [1.29, 1.82) is 0 Å².